The normalized spacial score (nSPS) is 11.4. The number of nitrogens with one attached hydrogen (secondary N) is 1. The predicted molar refractivity (Wildman–Crippen MR) is 79.2 cm³/mol. The Morgan fingerprint density at radius 1 is 1.25 bits per heavy atom. The van der Waals surface area contributed by atoms with Crippen LogP contribution >= 0.6 is 0 Å². The highest BCUT2D eigenvalue weighted by molar-refractivity contribution is 5.93. The summed E-state index contributed by atoms with van der Waals surface area (Å²) in [5.74, 6) is 1.02. The van der Waals surface area contributed by atoms with Crippen molar-refractivity contribution in [3.63, 3.8) is 0 Å². The van der Waals surface area contributed by atoms with Gasteiger partial charge in [0, 0.05) is 17.5 Å². The van der Waals surface area contributed by atoms with Crippen LogP contribution in [0.15, 0.2) is 30.3 Å². The van der Waals surface area contributed by atoms with E-state index < -0.39 is 5.41 Å². The van der Waals surface area contributed by atoms with Crippen LogP contribution in [0.5, 0.6) is 0 Å². The lowest BCUT2D eigenvalue weighted by Crippen LogP contribution is -2.28. The zero-order valence-corrected chi connectivity index (χ0v) is 12.3. The second kappa shape index (κ2) is 5.45. The van der Waals surface area contributed by atoms with Gasteiger partial charge in [-0.15, -0.1) is 5.10 Å². The molecule has 0 radical (unpaired) electrons. The van der Waals surface area contributed by atoms with Crippen LogP contribution in [-0.4, -0.2) is 20.7 Å². The lowest BCUT2D eigenvalue weighted by atomic mass is 9.96. The minimum atomic E-state index is -0.468. The summed E-state index contributed by atoms with van der Waals surface area (Å²) in [4.78, 5) is 16.4. The summed E-state index contributed by atoms with van der Waals surface area (Å²) in [6.07, 6.45) is 0. The topological polar surface area (TPSA) is 59.8 Å². The van der Waals surface area contributed by atoms with Crippen LogP contribution in [-0.2, 0) is 11.3 Å². The summed E-state index contributed by atoms with van der Waals surface area (Å²) >= 11 is 0. The highest BCUT2D eigenvalue weighted by atomic mass is 16.2. The van der Waals surface area contributed by atoms with E-state index in [4.69, 9.17) is 0 Å². The maximum absolute atomic E-state index is 12.0. The van der Waals surface area contributed by atoms with Crippen LogP contribution in [0.1, 0.15) is 27.7 Å². The third kappa shape index (κ3) is 3.04. The van der Waals surface area contributed by atoms with E-state index in [2.05, 4.69) is 15.4 Å². The lowest BCUT2D eigenvalue weighted by molar-refractivity contribution is -0.123. The average Bonchev–Trinajstić information content (AvgIpc) is 2.81. The van der Waals surface area contributed by atoms with Crippen LogP contribution in [0, 0.1) is 5.41 Å². The summed E-state index contributed by atoms with van der Waals surface area (Å²) in [5.41, 5.74) is 0.517. The van der Waals surface area contributed by atoms with E-state index >= 15 is 0 Å². The van der Waals surface area contributed by atoms with Gasteiger partial charge in [-0.05, 0) is 6.92 Å². The molecule has 1 aromatic carbocycles. The van der Waals surface area contributed by atoms with E-state index in [0.29, 0.717) is 12.5 Å². The Balaban J connectivity index is 2.30. The van der Waals surface area contributed by atoms with Crippen LogP contribution in [0.25, 0.3) is 11.4 Å². The van der Waals surface area contributed by atoms with Gasteiger partial charge in [0.25, 0.3) is 0 Å². The first-order valence-corrected chi connectivity index (χ1v) is 6.73. The Morgan fingerprint density at radius 2 is 1.90 bits per heavy atom. The predicted octanol–water partition coefficient (Wildman–Crippen LogP) is 2.95. The fourth-order valence-corrected chi connectivity index (χ4v) is 1.71. The fourth-order valence-electron chi connectivity index (χ4n) is 1.71. The number of rotatable bonds is 3. The fraction of sp³-hybridized carbons (Fsp3) is 0.400. The maximum Gasteiger partial charge on any atom is 0.249 e. The number of hydrogen-bond acceptors (Lipinski definition) is 3. The molecule has 5 heteroatoms. The Morgan fingerprint density at radius 3 is 2.45 bits per heavy atom. The average molecular weight is 272 g/mol. The van der Waals surface area contributed by atoms with Gasteiger partial charge in [0.15, 0.2) is 5.82 Å². The zero-order valence-electron chi connectivity index (χ0n) is 12.3. The quantitative estimate of drug-likeness (QED) is 0.934. The molecule has 1 N–H and O–H groups in total. The van der Waals surface area contributed by atoms with Crippen molar-refractivity contribution >= 4 is 11.9 Å². The molecular formula is C15H20N4O. The molecule has 0 spiro atoms. The molecule has 0 unspecified atom stereocenters. The molecule has 1 heterocycles. The number of aromatic nitrogens is 3. The minimum absolute atomic E-state index is 0.0923. The summed E-state index contributed by atoms with van der Waals surface area (Å²) < 4.78 is 1.79. The molecule has 0 bridgehead atoms. The highest BCUT2D eigenvalue weighted by Crippen LogP contribution is 2.20. The lowest BCUT2D eigenvalue weighted by Gasteiger charge is -2.15. The molecular weight excluding hydrogens is 252 g/mol. The van der Waals surface area contributed by atoms with E-state index in [1.807, 2.05) is 58.0 Å². The molecule has 0 fully saturated rings. The Hall–Kier alpha value is -2.17. The van der Waals surface area contributed by atoms with Gasteiger partial charge in [-0.3, -0.25) is 10.1 Å². The summed E-state index contributed by atoms with van der Waals surface area (Å²) in [7, 11) is 0. The van der Waals surface area contributed by atoms with Crippen molar-refractivity contribution in [2.24, 2.45) is 5.41 Å². The molecule has 106 valence electrons. The minimum Gasteiger partial charge on any atom is -0.293 e. The monoisotopic (exact) mass is 272 g/mol. The van der Waals surface area contributed by atoms with Crippen molar-refractivity contribution in [3.8, 4) is 11.4 Å². The third-order valence-electron chi connectivity index (χ3n) is 2.91. The molecule has 0 saturated heterocycles. The standard InChI is InChI=1S/C15H20N4O/c1-5-19-12(11-9-7-6-8-10-11)16-14(18-19)17-13(20)15(2,3)4/h6-10H,5H2,1-4H3,(H,17,18,20). The van der Waals surface area contributed by atoms with Gasteiger partial charge in [0.2, 0.25) is 11.9 Å². The molecule has 2 rings (SSSR count). The number of aryl methyl sites for hydroxylation is 1. The van der Waals surface area contributed by atoms with Crippen LogP contribution < -0.4 is 5.32 Å². The first-order valence-electron chi connectivity index (χ1n) is 6.73. The molecule has 5 nitrogen and oxygen atoms in total. The van der Waals surface area contributed by atoms with E-state index in [9.17, 15) is 4.79 Å². The smallest absolute Gasteiger partial charge is 0.249 e. The molecule has 1 amide bonds. The van der Waals surface area contributed by atoms with Crippen molar-refractivity contribution in [3.05, 3.63) is 30.3 Å². The Labute approximate surface area is 119 Å². The van der Waals surface area contributed by atoms with Gasteiger partial charge >= 0.3 is 0 Å². The Kier molecular flexibility index (Phi) is 3.88. The van der Waals surface area contributed by atoms with Gasteiger partial charge < -0.3 is 0 Å². The van der Waals surface area contributed by atoms with E-state index in [-0.39, 0.29) is 5.91 Å². The molecule has 0 aliphatic carbocycles. The van der Waals surface area contributed by atoms with Gasteiger partial charge in [0.05, 0.1) is 0 Å². The molecule has 0 aliphatic heterocycles. The van der Waals surface area contributed by atoms with Crippen LogP contribution in [0.3, 0.4) is 0 Å². The number of benzene rings is 1. The molecule has 0 aliphatic rings. The molecule has 20 heavy (non-hydrogen) atoms. The zero-order chi connectivity index (χ0) is 14.8. The second-order valence-corrected chi connectivity index (χ2v) is 5.64. The number of amides is 1. The Bertz CT molecular complexity index is 596. The van der Waals surface area contributed by atoms with E-state index in [1.54, 1.807) is 4.68 Å². The maximum atomic E-state index is 12.0. The van der Waals surface area contributed by atoms with Crippen molar-refractivity contribution in [2.75, 3.05) is 5.32 Å². The number of anilines is 1. The van der Waals surface area contributed by atoms with Crippen LogP contribution in [0.4, 0.5) is 5.95 Å². The van der Waals surface area contributed by atoms with Gasteiger partial charge in [-0.1, -0.05) is 51.1 Å². The molecule has 2 aromatic rings. The summed E-state index contributed by atoms with van der Waals surface area (Å²) in [6, 6.07) is 9.82. The molecule has 0 saturated carbocycles. The number of carbonyl (C=O) groups excluding carboxylic acids is 1. The number of carbonyl (C=O) groups is 1. The SMILES string of the molecule is CCn1nc(NC(=O)C(C)(C)C)nc1-c1ccccc1. The van der Waals surface area contributed by atoms with E-state index in [1.165, 1.54) is 0 Å². The first-order chi connectivity index (χ1) is 9.41. The summed E-state index contributed by atoms with van der Waals surface area (Å²) in [5, 5.41) is 7.10. The largest absolute Gasteiger partial charge is 0.293 e. The van der Waals surface area contributed by atoms with Crippen molar-refractivity contribution < 1.29 is 4.79 Å². The van der Waals surface area contributed by atoms with Crippen molar-refractivity contribution in [1.29, 1.82) is 0 Å². The van der Waals surface area contributed by atoms with Crippen molar-refractivity contribution in [1.82, 2.24) is 14.8 Å². The number of nitrogens with zero attached hydrogens (tertiary/aromatic N) is 3. The van der Waals surface area contributed by atoms with Crippen LogP contribution in [0.2, 0.25) is 0 Å². The first kappa shape index (κ1) is 14.2. The van der Waals surface area contributed by atoms with E-state index in [0.717, 1.165) is 11.4 Å². The van der Waals surface area contributed by atoms with Gasteiger partial charge in [-0.2, -0.15) is 4.98 Å². The highest BCUT2D eigenvalue weighted by Gasteiger charge is 2.23. The number of hydrogen-bond donors (Lipinski definition) is 1. The summed E-state index contributed by atoms with van der Waals surface area (Å²) in [6.45, 7) is 8.27. The van der Waals surface area contributed by atoms with Crippen molar-refractivity contribution in [2.45, 2.75) is 34.2 Å². The van der Waals surface area contributed by atoms with Gasteiger partial charge in [0.1, 0.15) is 0 Å². The second-order valence-electron chi connectivity index (χ2n) is 5.64. The molecule has 1 aromatic heterocycles. The van der Waals surface area contributed by atoms with Gasteiger partial charge in [-0.25, -0.2) is 4.68 Å². The molecule has 0 atom stereocenters. The third-order valence-corrected chi connectivity index (χ3v) is 2.91.